The molecule has 2 saturated heterocycles. The summed E-state index contributed by atoms with van der Waals surface area (Å²) >= 11 is 0. The van der Waals surface area contributed by atoms with Crippen molar-refractivity contribution >= 4 is 36.0 Å². The molecule has 15 heteroatoms. The second-order valence-corrected chi connectivity index (χ2v) is 13.7. The first-order chi connectivity index (χ1) is 29.1. The molecule has 2 fully saturated rings. The molecule has 2 unspecified atom stereocenters. The largest absolute Gasteiger partial charge is 0.513 e. The van der Waals surface area contributed by atoms with Crippen molar-refractivity contribution in [1.29, 1.82) is 0 Å². The Morgan fingerprint density at radius 1 is 0.533 bits per heavy atom. The van der Waals surface area contributed by atoms with Gasteiger partial charge in [0.15, 0.2) is 12.2 Å². The van der Waals surface area contributed by atoms with Crippen LogP contribution < -0.4 is 14.2 Å². The van der Waals surface area contributed by atoms with E-state index in [0.717, 1.165) is 24.5 Å². The number of esters is 5. The molecule has 60 heavy (non-hydrogen) atoms. The lowest BCUT2D eigenvalue weighted by atomic mass is 10.1. The van der Waals surface area contributed by atoms with Gasteiger partial charge in [0, 0.05) is 6.08 Å². The normalized spacial score (nSPS) is 17.7. The van der Waals surface area contributed by atoms with Crippen LogP contribution in [0.4, 0.5) is 4.79 Å². The number of carbonyl (C=O) groups is 6. The number of ether oxygens (including phenoxy) is 9. The van der Waals surface area contributed by atoms with Crippen LogP contribution in [-0.2, 0) is 33.2 Å². The summed E-state index contributed by atoms with van der Waals surface area (Å²) in [6.45, 7) is 5.89. The van der Waals surface area contributed by atoms with Crippen LogP contribution >= 0.6 is 0 Å². The fraction of sp³-hybridized carbons (Fsp3) is 0.289. The first kappa shape index (κ1) is 42.8. The highest BCUT2D eigenvalue weighted by Crippen LogP contribution is 2.32. The summed E-state index contributed by atoms with van der Waals surface area (Å²) in [6.07, 6.45) is 0.552. The maximum atomic E-state index is 13.0. The molecule has 0 bridgehead atoms. The molecule has 4 aromatic rings. The lowest BCUT2D eigenvalue weighted by molar-refractivity contribution is -0.137. The van der Waals surface area contributed by atoms with E-state index in [9.17, 15) is 28.8 Å². The van der Waals surface area contributed by atoms with Crippen LogP contribution in [0.3, 0.4) is 0 Å². The Hall–Kier alpha value is -6.84. The van der Waals surface area contributed by atoms with E-state index in [4.69, 9.17) is 42.6 Å². The Balaban J connectivity index is 0.890. The number of fused-ring (bicyclic) bond motifs is 1. The van der Waals surface area contributed by atoms with Gasteiger partial charge in [-0.05, 0) is 118 Å². The predicted molar refractivity (Wildman–Crippen MR) is 210 cm³/mol. The van der Waals surface area contributed by atoms with Gasteiger partial charge in [-0.25, -0.2) is 28.8 Å². The van der Waals surface area contributed by atoms with Crippen molar-refractivity contribution in [3.63, 3.8) is 0 Å². The summed E-state index contributed by atoms with van der Waals surface area (Å²) in [4.78, 5) is 74.1. The first-order valence-corrected chi connectivity index (χ1v) is 19.2. The zero-order valence-electron chi connectivity index (χ0n) is 32.6. The molecule has 6 rings (SSSR count). The molecule has 312 valence electrons. The molecule has 15 nitrogen and oxygen atoms in total. The Morgan fingerprint density at radius 3 is 1.35 bits per heavy atom. The number of aryl methyl sites for hydroxylation is 1. The lowest BCUT2D eigenvalue weighted by Gasteiger charge is -2.17. The molecule has 0 amide bonds. The minimum Gasteiger partial charge on any atom is -0.463 e. The molecule has 0 spiro atoms. The third-order valence-corrected chi connectivity index (χ3v) is 9.33. The topological polar surface area (TPSA) is 185 Å². The Labute approximate surface area is 345 Å². The quantitative estimate of drug-likeness (QED) is 0.0271. The second kappa shape index (κ2) is 20.7. The monoisotopic (exact) mass is 822 g/mol. The number of carbonyl (C=O) groups excluding carboxylic acids is 6. The van der Waals surface area contributed by atoms with E-state index in [0.29, 0.717) is 25.0 Å². The van der Waals surface area contributed by atoms with Crippen molar-refractivity contribution in [2.45, 2.75) is 57.0 Å². The first-order valence-electron chi connectivity index (χ1n) is 19.2. The molecule has 4 aromatic carbocycles. The zero-order chi connectivity index (χ0) is 42.4. The zero-order valence-corrected chi connectivity index (χ0v) is 32.6. The van der Waals surface area contributed by atoms with Crippen molar-refractivity contribution in [2.75, 3.05) is 26.4 Å². The van der Waals surface area contributed by atoms with Crippen molar-refractivity contribution in [3.8, 4) is 17.2 Å². The van der Waals surface area contributed by atoms with Crippen LogP contribution in [0.5, 0.6) is 17.2 Å². The molecule has 0 radical (unpaired) electrons. The van der Waals surface area contributed by atoms with E-state index in [2.05, 4.69) is 6.58 Å². The molecule has 0 aromatic heterocycles. The maximum absolute atomic E-state index is 13.0. The van der Waals surface area contributed by atoms with E-state index in [1.54, 1.807) is 12.1 Å². The van der Waals surface area contributed by atoms with Gasteiger partial charge in [-0.15, -0.1) is 0 Å². The van der Waals surface area contributed by atoms with E-state index in [1.165, 1.54) is 72.8 Å². The summed E-state index contributed by atoms with van der Waals surface area (Å²) in [5.74, 6) is -2.45. The minimum atomic E-state index is -0.884. The van der Waals surface area contributed by atoms with Crippen LogP contribution in [0.2, 0.25) is 0 Å². The predicted octanol–water partition coefficient (Wildman–Crippen LogP) is 6.79. The van der Waals surface area contributed by atoms with Gasteiger partial charge in [-0.1, -0.05) is 24.3 Å². The number of benzene rings is 4. The van der Waals surface area contributed by atoms with Gasteiger partial charge in [0.2, 0.25) is 0 Å². The maximum Gasteiger partial charge on any atom is 0.513 e. The Bertz CT molecular complexity index is 2140. The highest BCUT2D eigenvalue weighted by molar-refractivity contribution is 5.93. The standard InChI is InChI=1S/C45H42O15/c1-3-38(46)52-24-6-4-5-7-25-53-45(51)58-35-22-16-31(17-23-35)42(48)56-33-18-12-30(13-19-33)41(47)57-34-20-14-32(15-21-34)44(50)60-37-27-55-39-36(26-54-40(37)39)59-43(49)29-10-8-28(2)9-11-29/h3,8-23,36-37,39-40H,1,4-7,24-27H2,2H3/t36-,37+,39?,40?/m1/s1. The summed E-state index contributed by atoms with van der Waals surface area (Å²) in [6, 6.07) is 24.2. The van der Waals surface area contributed by atoms with E-state index in [-0.39, 0.29) is 53.8 Å². The molecule has 4 atom stereocenters. The summed E-state index contributed by atoms with van der Waals surface area (Å²) in [5, 5.41) is 0. The molecule has 2 aliphatic rings. The number of hydrogen-bond donors (Lipinski definition) is 0. The lowest BCUT2D eigenvalue weighted by Crippen LogP contribution is -2.36. The van der Waals surface area contributed by atoms with Gasteiger partial charge in [-0.3, -0.25) is 0 Å². The highest BCUT2D eigenvalue weighted by Gasteiger charge is 2.51. The Morgan fingerprint density at radius 2 is 0.917 bits per heavy atom. The number of hydrogen-bond acceptors (Lipinski definition) is 15. The van der Waals surface area contributed by atoms with Gasteiger partial charge in [-0.2, -0.15) is 0 Å². The van der Waals surface area contributed by atoms with Gasteiger partial charge in [0.1, 0.15) is 29.5 Å². The smallest absolute Gasteiger partial charge is 0.463 e. The molecular formula is C45H42O15. The van der Waals surface area contributed by atoms with Gasteiger partial charge < -0.3 is 42.6 Å². The van der Waals surface area contributed by atoms with Crippen molar-refractivity contribution in [3.05, 3.63) is 138 Å². The van der Waals surface area contributed by atoms with Crippen molar-refractivity contribution in [1.82, 2.24) is 0 Å². The van der Waals surface area contributed by atoms with E-state index in [1.807, 2.05) is 19.1 Å². The Kier molecular flexibility index (Phi) is 14.8. The van der Waals surface area contributed by atoms with E-state index >= 15 is 0 Å². The molecule has 2 heterocycles. The number of unbranched alkanes of at least 4 members (excludes halogenated alkanes) is 3. The highest BCUT2D eigenvalue weighted by atomic mass is 16.7. The van der Waals surface area contributed by atoms with Crippen LogP contribution in [0.1, 0.15) is 72.7 Å². The molecule has 0 N–H and O–H groups in total. The number of rotatable bonds is 17. The SMILES string of the molecule is C=CC(=O)OCCCCCCOC(=O)Oc1ccc(C(=O)Oc2ccc(C(=O)Oc3ccc(C(=O)O[C@H]4COC5C4OC[C@H]5OC(=O)c4ccc(C)cc4)cc3)cc2)cc1. The summed E-state index contributed by atoms with van der Waals surface area (Å²) in [5.41, 5.74) is 1.99. The van der Waals surface area contributed by atoms with E-state index < -0.39 is 60.4 Å². The molecule has 2 aliphatic heterocycles. The van der Waals surface area contributed by atoms with Gasteiger partial charge >= 0.3 is 36.0 Å². The third kappa shape index (κ3) is 11.9. The third-order valence-electron chi connectivity index (χ3n) is 9.33. The summed E-state index contributed by atoms with van der Waals surface area (Å²) < 4.78 is 48.9. The fourth-order valence-electron chi connectivity index (χ4n) is 6.11. The average Bonchev–Trinajstić information content (AvgIpc) is 3.85. The molecule has 0 saturated carbocycles. The van der Waals surface area contributed by atoms with Crippen LogP contribution in [0.25, 0.3) is 0 Å². The van der Waals surface area contributed by atoms with Gasteiger partial charge in [0.25, 0.3) is 0 Å². The van der Waals surface area contributed by atoms with Crippen molar-refractivity contribution in [2.24, 2.45) is 0 Å². The summed E-state index contributed by atoms with van der Waals surface area (Å²) in [7, 11) is 0. The van der Waals surface area contributed by atoms with Crippen LogP contribution in [0, 0.1) is 6.92 Å². The van der Waals surface area contributed by atoms with Crippen molar-refractivity contribution < 1.29 is 71.4 Å². The molecular weight excluding hydrogens is 780 g/mol. The molecule has 0 aliphatic carbocycles. The van der Waals surface area contributed by atoms with Gasteiger partial charge in [0.05, 0.1) is 48.7 Å². The minimum absolute atomic E-state index is 0.0690. The fourth-order valence-corrected chi connectivity index (χ4v) is 6.11. The van der Waals surface area contributed by atoms with Crippen LogP contribution in [-0.4, -0.2) is 86.8 Å². The second-order valence-electron chi connectivity index (χ2n) is 13.7. The van der Waals surface area contributed by atoms with Crippen LogP contribution in [0.15, 0.2) is 110 Å². The average molecular weight is 823 g/mol.